The highest BCUT2D eigenvalue weighted by Crippen LogP contribution is 2.56. The first-order chi connectivity index (χ1) is 10.0. The summed E-state index contributed by atoms with van der Waals surface area (Å²) in [7, 11) is 0. The smallest absolute Gasteiger partial charge is 0.315 e. The van der Waals surface area contributed by atoms with Gasteiger partial charge in [-0.25, -0.2) is 0 Å². The molecule has 0 aromatic rings. The topological polar surface area (TPSA) is 42.9 Å². The van der Waals surface area contributed by atoms with E-state index in [1.165, 1.54) is 24.8 Å². The average molecular weight is 290 g/mol. The summed E-state index contributed by atoms with van der Waals surface area (Å²) in [6.07, 6.45) is 7.83. The summed E-state index contributed by atoms with van der Waals surface area (Å²) in [6.45, 7) is 12.2. The van der Waals surface area contributed by atoms with Crippen LogP contribution in [0.25, 0.3) is 0 Å². The first-order valence-electron chi connectivity index (χ1n) is 8.36. The number of hydrogen-bond donors (Lipinski definition) is 1. The van der Waals surface area contributed by atoms with Gasteiger partial charge >= 0.3 is 5.97 Å². The molecule has 2 N–H and O–H groups in total. The van der Waals surface area contributed by atoms with Crippen molar-refractivity contribution in [2.75, 3.05) is 13.1 Å². The maximum absolute atomic E-state index is 12.2. The first kappa shape index (κ1) is 14.8. The molecule has 0 radical (unpaired) electrons. The number of allylic oxidation sites excluding steroid dienone is 1. The lowest BCUT2D eigenvalue weighted by atomic mass is 9.55. The van der Waals surface area contributed by atoms with Crippen LogP contribution in [0.2, 0.25) is 0 Å². The molecule has 2 saturated carbocycles. The number of fused-ring (bicyclic) bond motifs is 2. The normalized spacial score (nSPS) is 42.1. The molecule has 0 bridgehead atoms. The van der Waals surface area contributed by atoms with E-state index in [2.05, 4.69) is 25.4 Å². The molecule has 3 fully saturated rings. The highest BCUT2D eigenvalue weighted by atomic mass is 16.6. The fraction of sp³-hybridized carbons (Fsp3) is 0.722. The van der Waals surface area contributed by atoms with Gasteiger partial charge in [0.15, 0.2) is 0 Å². The van der Waals surface area contributed by atoms with Crippen LogP contribution in [0.15, 0.2) is 24.8 Å². The Labute approximate surface area is 127 Å². The molecule has 3 aliphatic rings. The first-order valence-corrected chi connectivity index (χ1v) is 8.36. The van der Waals surface area contributed by atoms with Gasteiger partial charge < -0.3 is 10.1 Å². The second-order valence-corrected chi connectivity index (χ2v) is 7.45. The predicted octanol–water partition coefficient (Wildman–Crippen LogP) is 2.05. The summed E-state index contributed by atoms with van der Waals surface area (Å²) < 4.78 is 5.74. The summed E-state index contributed by atoms with van der Waals surface area (Å²) in [6, 6.07) is 0. The second kappa shape index (κ2) is 5.60. The van der Waals surface area contributed by atoms with Gasteiger partial charge in [0.1, 0.15) is 12.0 Å². The third-order valence-electron chi connectivity index (χ3n) is 6.07. The number of quaternary nitrogens is 1. The Balaban J connectivity index is 1.75. The molecule has 5 atom stereocenters. The van der Waals surface area contributed by atoms with Gasteiger partial charge in [-0.2, -0.15) is 0 Å². The lowest BCUT2D eigenvalue weighted by Gasteiger charge is -2.49. The average Bonchev–Trinajstić information content (AvgIpc) is 2.72. The fourth-order valence-corrected chi connectivity index (χ4v) is 4.92. The summed E-state index contributed by atoms with van der Waals surface area (Å²) >= 11 is 0. The van der Waals surface area contributed by atoms with Gasteiger partial charge in [-0.1, -0.05) is 25.7 Å². The number of hydrogen-bond acceptors (Lipinski definition) is 2. The van der Waals surface area contributed by atoms with Crippen molar-refractivity contribution in [3.05, 3.63) is 24.8 Å². The van der Waals surface area contributed by atoms with Gasteiger partial charge in [0.2, 0.25) is 0 Å². The van der Waals surface area contributed by atoms with Crippen LogP contribution in [0.1, 0.15) is 39.0 Å². The molecule has 3 nitrogen and oxygen atoms in total. The minimum absolute atomic E-state index is 0.0261. The van der Waals surface area contributed by atoms with E-state index >= 15 is 0 Å². The molecule has 1 aliphatic heterocycles. The zero-order valence-electron chi connectivity index (χ0n) is 13.1. The monoisotopic (exact) mass is 290 g/mol. The predicted molar refractivity (Wildman–Crippen MR) is 82.5 cm³/mol. The standard InChI is InChI=1S/C18H27NO2/c1-4-8-19-11-14-13-9-15-12(2)6-5-7-18(15,3)10-16(13)21-17(14)20/h4,13-16,19H,1-2,5-11H2,3H3/p+1/t13-,14-,15+,16-,18-/m1/s1. The molecule has 0 spiro atoms. The van der Waals surface area contributed by atoms with Gasteiger partial charge in [-0.3, -0.25) is 4.79 Å². The summed E-state index contributed by atoms with van der Waals surface area (Å²) in [4.78, 5) is 12.2. The molecule has 116 valence electrons. The Morgan fingerprint density at radius 2 is 2.33 bits per heavy atom. The quantitative estimate of drug-likeness (QED) is 0.489. The van der Waals surface area contributed by atoms with Crippen LogP contribution in [-0.4, -0.2) is 25.2 Å². The molecule has 2 aliphatic carbocycles. The fourth-order valence-electron chi connectivity index (χ4n) is 4.92. The van der Waals surface area contributed by atoms with E-state index in [0.717, 1.165) is 25.9 Å². The molecule has 0 aromatic carbocycles. The van der Waals surface area contributed by atoms with Crippen molar-refractivity contribution < 1.29 is 14.8 Å². The highest BCUT2D eigenvalue weighted by molar-refractivity contribution is 5.75. The number of nitrogens with two attached hydrogens (primary N) is 1. The molecule has 21 heavy (non-hydrogen) atoms. The molecule has 3 heteroatoms. The number of ether oxygens (including phenoxy) is 1. The van der Waals surface area contributed by atoms with E-state index < -0.39 is 0 Å². The molecule has 0 unspecified atom stereocenters. The van der Waals surface area contributed by atoms with Crippen molar-refractivity contribution in [1.82, 2.24) is 0 Å². The summed E-state index contributed by atoms with van der Waals surface area (Å²) in [5.41, 5.74) is 1.71. The van der Waals surface area contributed by atoms with Gasteiger partial charge in [0.25, 0.3) is 0 Å². The van der Waals surface area contributed by atoms with Gasteiger partial charge in [-0.15, -0.1) is 0 Å². The Kier molecular flexibility index (Phi) is 3.96. The Hall–Kier alpha value is -1.09. The largest absolute Gasteiger partial charge is 0.462 e. The van der Waals surface area contributed by atoms with Crippen molar-refractivity contribution in [1.29, 1.82) is 0 Å². The third-order valence-corrected chi connectivity index (χ3v) is 6.07. The molecule has 0 amide bonds. The minimum Gasteiger partial charge on any atom is -0.462 e. The molecule has 3 rings (SSSR count). The number of carbonyl (C=O) groups excluding carboxylic acids is 1. The molecular formula is C18H28NO2+. The Morgan fingerprint density at radius 3 is 3.10 bits per heavy atom. The molecule has 0 aromatic heterocycles. The van der Waals surface area contributed by atoms with Crippen LogP contribution < -0.4 is 5.32 Å². The maximum Gasteiger partial charge on any atom is 0.315 e. The van der Waals surface area contributed by atoms with Crippen LogP contribution in [0.3, 0.4) is 0 Å². The van der Waals surface area contributed by atoms with E-state index in [1.807, 2.05) is 6.08 Å². The molecular weight excluding hydrogens is 262 g/mol. The van der Waals surface area contributed by atoms with Crippen LogP contribution in [0.5, 0.6) is 0 Å². The van der Waals surface area contributed by atoms with Crippen LogP contribution >= 0.6 is 0 Å². The Morgan fingerprint density at radius 1 is 1.52 bits per heavy atom. The van der Waals surface area contributed by atoms with E-state index in [1.54, 1.807) is 0 Å². The van der Waals surface area contributed by atoms with Crippen molar-refractivity contribution in [3.8, 4) is 0 Å². The second-order valence-electron chi connectivity index (χ2n) is 7.45. The highest BCUT2D eigenvalue weighted by Gasteiger charge is 2.55. The number of esters is 1. The van der Waals surface area contributed by atoms with E-state index in [4.69, 9.17) is 4.74 Å². The minimum atomic E-state index is 0.0261. The van der Waals surface area contributed by atoms with Crippen LogP contribution in [-0.2, 0) is 9.53 Å². The van der Waals surface area contributed by atoms with Crippen molar-refractivity contribution in [2.24, 2.45) is 23.2 Å². The van der Waals surface area contributed by atoms with Gasteiger partial charge in [-0.05, 0) is 49.5 Å². The summed E-state index contributed by atoms with van der Waals surface area (Å²) in [5, 5.41) is 2.17. The van der Waals surface area contributed by atoms with Crippen molar-refractivity contribution in [3.63, 3.8) is 0 Å². The van der Waals surface area contributed by atoms with Crippen molar-refractivity contribution >= 4 is 5.97 Å². The summed E-state index contributed by atoms with van der Waals surface area (Å²) in [5.74, 6) is 1.07. The van der Waals surface area contributed by atoms with Crippen molar-refractivity contribution in [2.45, 2.75) is 45.1 Å². The lowest BCUT2D eigenvalue weighted by molar-refractivity contribution is -0.650. The molecule has 1 heterocycles. The Bertz CT molecular complexity index is 458. The van der Waals surface area contributed by atoms with Gasteiger partial charge in [0.05, 0.1) is 13.1 Å². The molecule has 1 saturated heterocycles. The van der Waals surface area contributed by atoms with E-state index in [9.17, 15) is 4.79 Å². The van der Waals surface area contributed by atoms with Crippen LogP contribution in [0, 0.1) is 23.2 Å². The zero-order valence-corrected chi connectivity index (χ0v) is 13.1. The lowest BCUT2D eigenvalue weighted by Crippen LogP contribution is -2.85. The number of carbonyl (C=O) groups is 1. The van der Waals surface area contributed by atoms with Crippen LogP contribution in [0.4, 0.5) is 0 Å². The van der Waals surface area contributed by atoms with E-state index in [-0.39, 0.29) is 18.0 Å². The maximum atomic E-state index is 12.2. The zero-order chi connectivity index (χ0) is 15.0. The van der Waals surface area contributed by atoms with E-state index in [0.29, 0.717) is 17.3 Å². The third kappa shape index (κ3) is 2.57. The number of rotatable bonds is 4. The SMILES string of the molecule is C=CC[NH2+]C[C@H]1C(=O)O[C@@H]2C[C@@]3(C)CCCC(=C)[C@@H]3C[C@@H]21. The van der Waals surface area contributed by atoms with Gasteiger partial charge in [0, 0.05) is 5.92 Å².